The molecule has 6 nitrogen and oxygen atoms in total. The number of unbranched alkanes of at least 4 members (excludes halogenated alkanes) is 44. The number of nitrogens with one attached hydrogen (secondary N) is 1. The van der Waals surface area contributed by atoms with Gasteiger partial charge < -0.3 is 25.7 Å². The van der Waals surface area contributed by atoms with Crippen LogP contribution in [0.5, 0.6) is 0 Å². The van der Waals surface area contributed by atoms with E-state index in [0.717, 1.165) is 38.5 Å². The second kappa shape index (κ2) is 54.0. The average Bonchev–Trinajstić information content (AvgIpc) is 3.31. The largest absolute Gasteiger partial charge is 0.394 e. The summed E-state index contributed by atoms with van der Waals surface area (Å²) < 4.78 is 0. The summed E-state index contributed by atoms with van der Waals surface area (Å²) in [6.45, 7) is 4.08. The summed E-state index contributed by atoms with van der Waals surface area (Å²) in [4.78, 5) is 12.6. The highest BCUT2D eigenvalue weighted by atomic mass is 16.3. The lowest BCUT2D eigenvalue weighted by molar-refractivity contribution is -0.132. The molecule has 0 aromatic rings. The Balaban J connectivity index is 3.55. The van der Waals surface area contributed by atoms with Crippen LogP contribution in [-0.4, -0.2) is 57.3 Å². The van der Waals surface area contributed by atoms with E-state index in [1.165, 1.54) is 263 Å². The summed E-state index contributed by atoms with van der Waals surface area (Å²) in [6.07, 6.45) is 64.5. The van der Waals surface area contributed by atoms with Gasteiger partial charge in [-0.1, -0.05) is 302 Å². The molecule has 5 N–H and O–H groups in total. The molecule has 388 valence electrons. The number of aliphatic hydroxyl groups excluding tert-OH is 4. The Hall–Kier alpha value is -0.950. The third-order valence-electron chi connectivity index (χ3n) is 14.2. The quantitative estimate of drug-likeness (QED) is 0.0308. The molecule has 0 saturated carbocycles. The molecule has 1 amide bonds. The molecule has 4 unspecified atom stereocenters. The summed E-state index contributed by atoms with van der Waals surface area (Å²) in [5.74, 6) is -0.586. The number of hydrogen-bond acceptors (Lipinski definition) is 5. The number of aliphatic hydroxyl groups is 4. The van der Waals surface area contributed by atoms with Gasteiger partial charge in [-0.2, -0.15) is 0 Å². The molecule has 0 bridgehead atoms. The fourth-order valence-electron chi connectivity index (χ4n) is 9.59. The standard InChI is InChI=1S/C59H117NO5/c1-3-5-7-9-11-13-15-17-19-21-22-23-24-25-26-27-28-29-30-31-32-33-34-35-37-39-41-43-45-47-49-51-53-57(63)59(65)60-55(54-61)58(64)56(62)52-50-48-46-44-42-40-38-36-20-18-16-14-12-10-8-6-4-2/h44,46,55-58,61-64H,3-43,45,47-54H2,1-2H3,(H,60,65)/b46-44+. The average molecular weight is 921 g/mol. The van der Waals surface area contributed by atoms with Crippen LogP contribution in [0.4, 0.5) is 0 Å². The van der Waals surface area contributed by atoms with Gasteiger partial charge in [-0.05, 0) is 38.5 Å². The van der Waals surface area contributed by atoms with Gasteiger partial charge in [0.2, 0.25) is 5.91 Å². The smallest absolute Gasteiger partial charge is 0.249 e. The van der Waals surface area contributed by atoms with E-state index in [1.807, 2.05) is 0 Å². The Kier molecular flexibility index (Phi) is 53.2. The van der Waals surface area contributed by atoms with Crippen LogP contribution in [0.2, 0.25) is 0 Å². The molecule has 0 aromatic carbocycles. The molecule has 0 fully saturated rings. The topological polar surface area (TPSA) is 110 Å². The van der Waals surface area contributed by atoms with Crippen molar-refractivity contribution in [1.82, 2.24) is 5.32 Å². The molecule has 0 radical (unpaired) electrons. The van der Waals surface area contributed by atoms with E-state index in [2.05, 4.69) is 31.3 Å². The minimum atomic E-state index is -1.28. The van der Waals surface area contributed by atoms with E-state index in [0.29, 0.717) is 12.8 Å². The van der Waals surface area contributed by atoms with Crippen LogP contribution < -0.4 is 5.32 Å². The first-order valence-corrected chi connectivity index (χ1v) is 29.6. The Morgan fingerprint density at radius 1 is 0.369 bits per heavy atom. The molecule has 0 aromatic heterocycles. The molecular weight excluding hydrogens is 803 g/mol. The molecule has 0 rings (SSSR count). The molecule has 0 aliphatic carbocycles. The summed E-state index contributed by atoms with van der Waals surface area (Å²) in [5, 5.41) is 43.9. The molecule has 65 heavy (non-hydrogen) atoms. The van der Waals surface area contributed by atoms with Gasteiger partial charge in [-0.15, -0.1) is 0 Å². The fourth-order valence-corrected chi connectivity index (χ4v) is 9.59. The monoisotopic (exact) mass is 920 g/mol. The van der Waals surface area contributed by atoms with Crippen LogP contribution in [0.1, 0.15) is 328 Å². The first kappa shape index (κ1) is 64.0. The molecule has 0 aliphatic heterocycles. The maximum Gasteiger partial charge on any atom is 0.249 e. The van der Waals surface area contributed by atoms with Crippen LogP contribution in [-0.2, 0) is 4.79 Å². The van der Waals surface area contributed by atoms with Gasteiger partial charge in [0, 0.05) is 0 Å². The van der Waals surface area contributed by atoms with E-state index < -0.39 is 36.9 Å². The Morgan fingerprint density at radius 2 is 0.631 bits per heavy atom. The molecule has 0 saturated heterocycles. The summed E-state index contributed by atoms with van der Waals surface area (Å²) in [6, 6.07) is -0.998. The van der Waals surface area contributed by atoms with Crippen molar-refractivity contribution in [2.45, 2.75) is 353 Å². The van der Waals surface area contributed by atoms with Gasteiger partial charge >= 0.3 is 0 Å². The molecule has 6 heteroatoms. The normalized spacial score (nSPS) is 13.8. The zero-order valence-corrected chi connectivity index (χ0v) is 44.0. The minimum absolute atomic E-state index is 0.369. The molecule has 4 atom stereocenters. The second-order valence-corrected chi connectivity index (χ2v) is 20.7. The number of carbonyl (C=O) groups excluding carboxylic acids is 1. The van der Waals surface area contributed by atoms with E-state index in [4.69, 9.17) is 0 Å². The van der Waals surface area contributed by atoms with Crippen molar-refractivity contribution in [1.29, 1.82) is 0 Å². The Labute approximate surface area is 406 Å². The highest BCUT2D eigenvalue weighted by Crippen LogP contribution is 2.18. The van der Waals surface area contributed by atoms with Crippen LogP contribution in [0, 0.1) is 0 Å². The van der Waals surface area contributed by atoms with E-state index in [1.54, 1.807) is 0 Å². The van der Waals surface area contributed by atoms with Gasteiger partial charge in [-0.25, -0.2) is 0 Å². The highest BCUT2D eigenvalue weighted by Gasteiger charge is 2.28. The summed E-state index contributed by atoms with van der Waals surface area (Å²) in [5.41, 5.74) is 0. The van der Waals surface area contributed by atoms with E-state index in [-0.39, 0.29) is 0 Å². The molecule has 0 spiro atoms. The van der Waals surface area contributed by atoms with Crippen molar-refractivity contribution in [3.63, 3.8) is 0 Å². The van der Waals surface area contributed by atoms with Gasteiger partial charge in [0.05, 0.1) is 18.8 Å². The van der Waals surface area contributed by atoms with Crippen molar-refractivity contribution < 1.29 is 25.2 Å². The summed E-state index contributed by atoms with van der Waals surface area (Å²) in [7, 11) is 0. The summed E-state index contributed by atoms with van der Waals surface area (Å²) >= 11 is 0. The van der Waals surface area contributed by atoms with Crippen molar-refractivity contribution >= 4 is 5.91 Å². The lowest BCUT2D eigenvalue weighted by atomic mass is 10.00. The number of amides is 1. The van der Waals surface area contributed by atoms with Gasteiger partial charge in [0.15, 0.2) is 0 Å². The van der Waals surface area contributed by atoms with E-state index >= 15 is 0 Å². The fraction of sp³-hybridized carbons (Fsp3) is 0.949. The van der Waals surface area contributed by atoms with Crippen LogP contribution in [0.3, 0.4) is 0 Å². The number of carbonyl (C=O) groups is 1. The Bertz CT molecular complexity index is 944. The maximum absolute atomic E-state index is 12.6. The zero-order chi connectivity index (χ0) is 47.4. The number of allylic oxidation sites excluding steroid dienone is 2. The van der Waals surface area contributed by atoms with Crippen LogP contribution in [0.25, 0.3) is 0 Å². The van der Waals surface area contributed by atoms with Gasteiger partial charge in [0.1, 0.15) is 12.2 Å². The van der Waals surface area contributed by atoms with Crippen molar-refractivity contribution in [3.05, 3.63) is 12.2 Å². The van der Waals surface area contributed by atoms with E-state index in [9.17, 15) is 25.2 Å². The van der Waals surface area contributed by atoms with Crippen LogP contribution in [0.15, 0.2) is 12.2 Å². The predicted octanol–water partition coefficient (Wildman–Crippen LogP) is 17.3. The van der Waals surface area contributed by atoms with Crippen molar-refractivity contribution in [2.24, 2.45) is 0 Å². The second-order valence-electron chi connectivity index (χ2n) is 20.7. The third kappa shape index (κ3) is 47.9. The lowest BCUT2D eigenvalue weighted by Crippen LogP contribution is -2.53. The molecular formula is C59H117NO5. The minimum Gasteiger partial charge on any atom is -0.394 e. The van der Waals surface area contributed by atoms with Crippen LogP contribution >= 0.6 is 0 Å². The van der Waals surface area contributed by atoms with Gasteiger partial charge in [-0.3, -0.25) is 4.79 Å². The highest BCUT2D eigenvalue weighted by molar-refractivity contribution is 5.80. The van der Waals surface area contributed by atoms with Gasteiger partial charge in [0.25, 0.3) is 0 Å². The Morgan fingerprint density at radius 3 is 0.923 bits per heavy atom. The molecule has 0 aliphatic rings. The first-order valence-electron chi connectivity index (χ1n) is 29.6. The van der Waals surface area contributed by atoms with Crippen molar-refractivity contribution in [2.75, 3.05) is 6.61 Å². The zero-order valence-electron chi connectivity index (χ0n) is 44.0. The molecule has 0 heterocycles. The number of hydrogen-bond donors (Lipinski definition) is 5. The predicted molar refractivity (Wildman–Crippen MR) is 284 cm³/mol. The maximum atomic E-state index is 12.6. The number of rotatable bonds is 55. The third-order valence-corrected chi connectivity index (χ3v) is 14.2. The van der Waals surface area contributed by atoms with Crippen molar-refractivity contribution in [3.8, 4) is 0 Å². The first-order chi connectivity index (χ1) is 32.0. The lowest BCUT2D eigenvalue weighted by Gasteiger charge is -2.27. The SMILES string of the molecule is CCCCCCCCCCCCCC/C=C/CCCC(O)C(O)C(CO)NC(=O)C(O)CCCCCCCCCCCCCCCCCCCCCCCCCCCCCCCCCC.